The summed E-state index contributed by atoms with van der Waals surface area (Å²) < 4.78 is 79.1. The number of carboxylic acids is 1. The van der Waals surface area contributed by atoms with Crippen molar-refractivity contribution in [3.05, 3.63) is 76.9 Å². The van der Waals surface area contributed by atoms with Crippen molar-refractivity contribution in [2.45, 2.75) is 50.6 Å². The number of imide groups is 2. The topological polar surface area (TPSA) is 286 Å². The van der Waals surface area contributed by atoms with E-state index in [1.54, 1.807) is 38.2 Å². The van der Waals surface area contributed by atoms with Crippen molar-refractivity contribution >= 4 is 47.4 Å². The Morgan fingerprint density at radius 2 is 1.09 bits per heavy atom. The predicted octanol–water partition coefficient (Wildman–Crippen LogP) is 1.23. The highest BCUT2D eigenvalue weighted by atomic mass is 19.1. The molecule has 3 atom stereocenters. The normalized spacial score (nSPS) is 15.8. The zero-order valence-corrected chi connectivity index (χ0v) is 44.3. The van der Waals surface area contributed by atoms with E-state index in [-0.39, 0.29) is 75.6 Å². The fourth-order valence-electron chi connectivity index (χ4n) is 7.54. The summed E-state index contributed by atoms with van der Waals surface area (Å²) in [5.74, 6) is -7.90. The van der Waals surface area contributed by atoms with E-state index in [4.69, 9.17) is 42.6 Å². The Bertz CT molecular complexity index is 2250. The molecule has 4 rings (SSSR count). The van der Waals surface area contributed by atoms with E-state index < -0.39 is 64.9 Å². The summed E-state index contributed by atoms with van der Waals surface area (Å²) in [6.45, 7) is 7.94. The molecule has 1 fully saturated rings. The van der Waals surface area contributed by atoms with Crippen molar-refractivity contribution < 1.29 is 94.9 Å². The maximum absolute atomic E-state index is 15.0. The number of carbonyl (C=O) groups is 8. The minimum absolute atomic E-state index is 0.0205. The molecule has 0 spiro atoms. The van der Waals surface area contributed by atoms with Gasteiger partial charge in [0.15, 0.2) is 0 Å². The van der Waals surface area contributed by atoms with E-state index in [0.717, 1.165) is 21.9 Å². The molecule has 2 aliphatic heterocycles. The van der Waals surface area contributed by atoms with E-state index in [1.165, 1.54) is 24.1 Å². The summed E-state index contributed by atoms with van der Waals surface area (Å²) in [6.07, 6.45) is 2.54. The lowest BCUT2D eigenvalue weighted by Gasteiger charge is -2.40. The number of hydrogen-bond donors (Lipinski definition) is 4. The third-order valence-electron chi connectivity index (χ3n) is 11.9. The number of ether oxygens (including phenoxy) is 9. The first-order chi connectivity index (χ1) is 37.6. The van der Waals surface area contributed by atoms with Crippen molar-refractivity contribution in [1.82, 2.24) is 30.7 Å². The molecule has 0 saturated carbocycles. The number of urea groups is 1. The highest BCUT2D eigenvalue weighted by molar-refractivity contribution is 6.13. The van der Waals surface area contributed by atoms with Gasteiger partial charge >= 0.3 is 12.0 Å². The Kier molecular flexibility index (Phi) is 29.4. The van der Waals surface area contributed by atoms with E-state index in [0.29, 0.717) is 117 Å². The number of hydrogen-bond acceptors (Lipinski definition) is 17. The number of nitrogens with one attached hydrogen (secondary N) is 3. The van der Waals surface area contributed by atoms with Crippen LogP contribution in [0.15, 0.2) is 48.6 Å². The molecule has 432 valence electrons. The number of nitrogens with zero attached hydrogens (tertiary/aromatic N) is 3. The summed E-state index contributed by atoms with van der Waals surface area (Å²) in [5.41, 5.74) is 0.0729. The van der Waals surface area contributed by atoms with Gasteiger partial charge in [0.1, 0.15) is 29.0 Å². The van der Waals surface area contributed by atoms with Crippen molar-refractivity contribution in [1.29, 1.82) is 0 Å². The molecular formula is C52H72F2N6O18. The molecule has 2 heterocycles. The van der Waals surface area contributed by atoms with Crippen LogP contribution in [0.5, 0.6) is 5.75 Å². The highest BCUT2D eigenvalue weighted by Gasteiger charge is 2.41. The van der Waals surface area contributed by atoms with Crippen LogP contribution in [0.25, 0.3) is 0 Å². The van der Waals surface area contributed by atoms with E-state index in [2.05, 4.69) is 16.0 Å². The van der Waals surface area contributed by atoms with Crippen molar-refractivity contribution in [2.75, 3.05) is 146 Å². The number of rotatable bonds is 41. The maximum Gasteiger partial charge on any atom is 0.326 e. The van der Waals surface area contributed by atoms with Gasteiger partial charge < -0.3 is 68.6 Å². The lowest BCUT2D eigenvalue weighted by molar-refractivity contribution is -0.139. The lowest BCUT2D eigenvalue weighted by Crippen LogP contribution is -2.56. The second kappa shape index (κ2) is 35.8. The minimum Gasteiger partial charge on any atom is -0.493 e. The summed E-state index contributed by atoms with van der Waals surface area (Å²) in [5, 5.41) is 17.4. The number of amides is 8. The van der Waals surface area contributed by atoms with Crippen LogP contribution in [0.3, 0.4) is 0 Å². The molecule has 4 N–H and O–H groups in total. The zero-order valence-electron chi connectivity index (χ0n) is 44.3. The number of carbonyl (C=O) groups excluding carboxylic acids is 7. The van der Waals surface area contributed by atoms with Gasteiger partial charge in [0, 0.05) is 83.3 Å². The standard InChI is InChI=1S/C52H72F2N6O18/c1-36-47(50(66)59(3)52(69)58(36)2)38-7-5-37(6-8-38)33-42(51(67)68)57-49(65)48-40(53)34-39(35-41(48)54)78-16-4-13-55-44(62)12-17-70-19-21-72-23-25-74-27-29-76-31-32-77-30-28-75-26-24-73-22-20-71-18-14-56-43(61)11-15-60-45(63)9-10-46(60)64/h5-10,34-36,42,47H,4,11-33H2,1-3H3,(H,55,62)(H,56,61)(H,57,65)(H,67,68)/t36?,42-,47?/m0/s1. The Labute approximate surface area is 451 Å². The molecule has 2 aromatic carbocycles. The monoisotopic (exact) mass is 1110 g/mol. The number of aliphatic carboxylic acids is 1. The SMILES string of the molecule is CC1C(c2ccc(C[C@H](NC(=O)c3c(F)cc(OCCCNC(=O)CCOCCOCCOCCOCCOCCOCCOCCOCCNC(=O)CCN4C(=O)C=CC4=O)cc3F)C(=O)O)cc2)C(=O)N(C)C(=O)N1C. The van der Waals surface area contributed by atoms with Gasteiger partial charge in [0.2, 0.25) is 17.7 Å². The minimum atomic E-state index is -1.56. The van der Waals surface area contributed by atoms with Crippen LogP contribution in [0, 0.1) is 11.6 Å². The van der Waals surface area contributed by atoms with Crippen LogP contribution in [0.2, 0.25) is 0 Å². The first kappa shape index (κ1) is 64.0. The van der Waals surface area contributed by atoms with Crippen LogP contribution in [-0.2, 0) is 73.1 Å². The Morgan fingerprint density at radius 1 is 0.628 bits per heavy atom. The number of halogens is 2. The summed E-state index contributed by atoms with van der Waals surface area (Å²) in [7, 11) is 2.98. The van der Waals surface area contributed by atoms with Crippen molar-refractivity contribution in [3.63, 3.8) is 0 Å². The van der Waals surface area contributed by atoms with E-state index in [1.807, 2.05) is 0 Å². The molecule has 0 radical (unpaired) electrons. The second-order valence-electron chi connectivity index (χ2n) is 17.5. The third kappa shape index (κ3) is 22.8. The smallest absolute Gasteiger partial charge is 0.326 e. The van der Waals surface area contributed by atoms with Gasteiger partial charge in [-0.05, 0) is 24.5 Å². The quantitative estimate of drug-likeness (QED) is 0.0538. The average Bonchev–Trinajstić information content (AvgIpc) is 3.77. The average molecular weight is 1110 g/mol. The molecule has 0 aromatic heterocycles. The van der Waals surface area contributed by atoms with Crippen molar-refractivity contribution in [3.8, 4) is 5.75 Å². The highest BCUT2D eigenvalue weighted by Crippen LogP contribution is 2.30. The van der Waals surface area contributed by atoms with E-state index in [9.17, 15) is 43.5 Å². The van der Waals surface area contributed by atoms with Crippen LogP contribution in [0.1, 0.15) is 53.6 Å². The molecule has 2 aromatic rings. The van der Waals surface area contributed by atoms with Crippen LogP contribution < -0.4 is 20.7 Å². The maximum atomic E-state index is 15.0. The van der Waals surface area contributed by atoms with Gasteiger partial charge in [0.25, 0.3) is 17.7 Å². The Morgan fingerprint density at radius 3 is 1.59 bits per heavy atom. The van der Waals surface area contributed by atoms with Gasteiger partial charge in [0.05, 0.1) is 118 Å². The molecule has 2 unspecified atom stereocenters. The van der Waals surface area contributed by atoms with Crippen molar-refractivity contribution in [2.24, 2.45) is 0 Å². The van der Waals surface area contributed by atoms with Gasteiger partial charge in [-0.2, -0.15) is 0 Å². The van der Waals surface area contributed by atoms with Gasteiger partial charge in [-0.1, -0.05) is 24.3 Å². The first-order valence-electron chi connectivity index (χ1n) is 25.6. The fourth-order valence-corrected chi connectivity index (χ4v) is 7.54. The molecule has 1 saturated heterocycles. The molecular weight excluding hydrogens is 1030 g/mol. The summed E-state index contributed by atoms with van der Waals surface area (Å²) in [4.78, 5) is 101. The molecule has 26 heteroatoms. The molecule has 0 bridgehead atoms. The molecule has 2 aliphatic rings. The summed E-state index contributed by atoms with van der Waals surface area (Å²) >= 11 is 0. The second-order valence-corrected chi connectivity index (χ2v) is 17.5. The van der Waals surface area contributed by atoms with Gasteiger partial charge in [-0.15, -0.1) is 0 Å². The zero-order chi connectivity index (χ0) is 56.7. The number of likely N-dealkylation sites (N-methyl/N-ethyl adjacent to an activating group) is 2. The van der Waals surface area contributed by atoms with Crippen LogP contribution >= 0.6 is 0 Å². The van der Waals surface area contributed by atoms with Gasteiger partial charge in [-0.3, -0.25) is 38.6 Å². The number of benzene rings is 2. The van der Waals surface area contributed by atoms with E-state index >= 15 is 8.78 Å². The van der Waals surface area contributed by atoms with Crippen LogP contribution in [0.4, 0.5) is 13.6 Å². The molecule has 78 heavy (non-hydrogen) atoms. The number of carboxylic acid groups (broad SMARTS) is 1. The first-order valence-corrected chi connectivity index (χ1v) is 25.6. The Hall–Kier alpha value is -6.52. The third-order valence-corrected chi connectivity index (χ3v) is 11.9. The fraction of sp³-hybridized carbons (Fsp3) is 0.577. The predicted molar refractivity (Wildman–Crippen MR) is 271 cm³/mol. The molecule has 8 amide bonds. The largest absolute Gasteiger partial charge is 0.493 e. The van der Waals surface area contributed by atoms with Crippen LogP contribution in [-0.4, -0.2) is 225 Å². The van der Waals surface area contributed by atoms with Gasteiger partial charge in [-0.25, -0.2) is 18.4 Å². The summed E-state index contributed by atoms with van der Waals surface area (Å²) in [6, 6.07) is 5.61. The Balaban J connectivity index is 0.895. The lowest BCUT2D eigenvalue weighted by atomic mass is 9.88. The molecule has 24 nitrogen and oxygen atoms in total. The molecule has 0 aliphatic carbocycles.